The molecule has 1 N–H and O–H groups in total. The molecule has 2 aliphatic heterocycles. The lowest BCUT2D eigenvalue weighted by Crippen LogP contribution is -2.52. The molecule has 2 aliphatic rings. The molecule has 9 heteroatoms. The van der Waals surface area contributed by atoms with Crippen LogP contribution in [0.25, 0.3) is 0 Å². The van der Waals surface area contributed by atoms with E-state index in [0.29, 0.717) is 6.54 Å². The van der Waals surface area contributed by atoms with Crippen LogP contribution in [-0.2, 0) is 4.79 Å². The van der Waals surface area contributed by atoms with Crippen LogP contribution in [0.1, 0.15) is 6.42 Å². The zero-order valence-corrected chi connectivity index (χ0v) is 21.5. The van der Waals surface area contributed by atoms with Gasteiger partial charge < -0.3 is 29.5 Å². The topological polar surface area (TPSA) is 69.6 Å². The van der Waals surface area contributed by atoms with E-state index in [9.17, 15) is 4.79 Å². The molecule has 2 aromatic carbocycles. The Morgan fingerprint density at radius 2 is 1.82 bits per heavy atom. The number of hydrogen-bond acceptors (Lipinski definition) is 5. The molecule has 0 saturated carbocycles. The third-order valence-corrected chi connectivity index (χ3v) is 5.88. The van der Waals surface area contributed by atoms with Crippen LogP contribution < -0.4 is 24.6 Å². The molecule has 1 amide bonds. The number of guanidine groups is 1. The Morgan fingerprint density at radius 3 is 2.52 bits per heavy atom. The number of piperazine rings is 1. The van der Waals surface area contributed by atoms with Crippen molar-refractivity contribution in [3.63, 3.8) is 0 Å². The maximum absolute atomic E-state index is 12.3. The lowest BCUT2D eigenvalue weighted by molar-refractivity contribution is -0.121. The van der Waals surface area contributed by atoms with Gasteiger partial charge in [0, 0.05) is 52.0 Å². The predicted molar refractivity (Wildman–Crippen MR) is 142 cm³/mol. The van der Waals surface area contributed by atoms with Crippen molar-refractivity contribution in [2.45, 2.75) is 6.42 Å². The number of hydrogen-bond donors (Lipinski definition) is 1. The van der Waals surface area contributed by atoms with Gasteiger partial charge in [-0.25, -0.2) is 0 Å². The quantitative estimate of drug-likeness (QED) is 0.252. The number of benzene rings is 2. The van der Waals surface area contributed by atoms with Crippen molar-refractivity contribution in [3.05, 3.63) is 48.5 Å². The molecule has 1 fully saturated rings. The summed E-state index contributed by atoms with van der Waals surface area (Å²) in [4.78, 5) is 23.3. The Kier molecular flexibility index (Phi) is 9.04. The molecule has 0 radical (unpaired) electrons. The molecule has 1 saturated heterocycles. The molecular weight excluding hydrogens is 533 g/mol. The molecule has 4 rings (SSSR count). The Hall–Kier alpha value is -2.69. The van der Waals surface area contributed by atoms with Crippen molar-refractivity contribution in [2.24, 2.45) is 4.99 Å². The van der Waals surface area contributed by atoms with Crippen LogP contribution in [0.15, 0.2) is 53.5 Å². The highest BCUT2D eigenvalue weighted by Crippen LogP contribution is 2.31. The second kappa shape index (κ2) is 12.0. The van der Waals surface area contributed by atoms with Crippen molar-refractivity contribution >= 4 is 47.2 Å². The number of aliphatic imine (C=N–C) groups is 1. The smallest absolute Gasteiger partial charge is 0.265 e. The number of nitrogens with zero attached hydrogens (tertiary/aromatic N) is 4. The van der Waals surface area contributed by atoms with Crippen LogP contribution in [0, 0.1) is 0 Å². The lowest BCUT2D eigenvalue weighted by Gasteiger charge is -2.37. The summed E-state index contributed by atoms with van der Waals surface area (Å²) in [5, 5.41) is 3.46. The Morgan fingerprint density at radius 1 is 1.09 bits per heavy atom. The van der Waals surface area contributed by atoms with E-state index in [-0.39, 0.29) is 36.5 Å². The standard InChI is InChI=1S/C24H31N5O3.HI/c1-25-24(28-16-14-27(15-17-28)19-8-10-20(31-2)11-9-19)26-12-5-13-29-21-6-3-4-7-22(21)32-18-23(29)30;/h3-4,6-11H,5,12-18H2,1-2H3,(H,25,26);1H. The van der Waals surface area contributed by atoms with Crippen molar-refractivity contribution in [3.8, 4) is 11.5 Å². The Labute approximate surface area is 212 Å². The summed E-state index contributed by atoms with van der Waals surface area (Å²) >= 11 is 0. The normalized spacial score (nSPS) is 16.0. The number of ether oxygens (including phenoxy) is 2. The second-order valence-electron chi connectivity index (χ2n) is 7.80. The summed E-state index contributed by atoms with van der Waals surface area (Å²) in [7, 11) is 3.50. The molecule has 0 atom stereocenters. The largest absolute Gasteiger partial charge is 0.497 e. The molecule has 0 bridgehead atoms. The monoisotopic (exact) mass is 565 g/mol. The van der Waals surface area contributed by atoms with Gasteiger partial charge in [0.2, 0.25) is 0 Å². The van der Waals surface area contributed by atoms with Crippen molar-refractivity contribution in [2.75, 3.05) is 69.8 Å². The van der Waals surface area contributed by atoms with Gasteiger partial charge in [-0.05, 0) is 42.8 Å². The first-order valence-corrected chi connectivity index (χ1v) is 11.1. The molecule has 2 aromatic rings. The van der Waals surface area contributed by atoms with Crippen LogP contribution in [0.3, 0.4) is 0 Å². The van der Waals surface area contributed by atoms with Crippen LogP contribution in [0.2, 0.25) is 0 Å². The fourth-order valence-electron chi connectivity index (χ4n) is 4.14. The average Bonchev–Trinajstić information content (AvgIpc) is 2.85. The molecule has 0 aliphatic carbocycles. The summed E-state index contributed by atoms with van der Waals surface area (Å²) in [6, 6.07) is 15.9. The number of anilines is 2. The summed E-state index contributed by atoms with van der Waals surface area (Å²) in [6.45, 7) is 5.18. The van der Waals surface area contributed by atoms with Gasteiger partial charge in [0.05, 0.1) is 12.8 Å². The third-order valence-electron chi connectivity index (χ3n) is 5.88. The number of fused-ring (bicyclic) bond motifs is 1. The van der Waals surface area contributed by atoms with Gasteiger partial charge in [-0.3, -0.25) is 9.79 Å². The fourth-order valence-corrected chi connectivity index (χ4v) is 4.14. The predicted octanol–water partition coefficient (Wildman–Crippen LogP) is 2.83. The summed E-state index contributed by atoms with van der Waals surface area (Å²) in [5.41, 5.74) is 2.06. The van der Waals surface area contributed by atoms with Gasteiger partial charge >= 0.3 is 0 Å². The maximum atomic E-state index is 12.3. The van der Waals surface area contributed by atoms with Crippen LogP contribution in [0.4, 0.5) is 11.4 Å². The molecular formula is C24H32IN5O3. The van der Waals surface area contributed by atoms with E-state index in [1.807, 2.05) is 48.3 Å². The van der Waals surface area contributed by atoms with Gasteiger partial charge in [0.25, 0.3) is 5.91 Å². The highest BCUT2D eigenvalue weighted by atomic mass is 127. The SMILES string of the molecule is CN=C(NCCCN1C(=O)COc2ccccc21)N1CCN(c2ccc(OC)cc2)CC1.I. The average molecular weight is 565 g/mol. The highest BCUT2D eigenvalue weighted by Gasteiger charge is 2.25. The minimum atomic E-state index is 0. The van der Waals surface area contributed by atoms with E-state index in [1.165, 1.54) is 5.69 Å². The van der Waals surface area contributed by atoms with Crippen LogP contribution >= 0.6 is 24.0 Å². The minimum absolute atomic E-state index is 0. The van der Waals surface area contributed by atoms with Crippen LogP contribution in [-0.4, -0.2) is 76.8 Å². The Bertz CT molecular complexity index is 945. The van der Waals surface area contributed by atoms with Crippen LogP contribution in [0.5, 0.6) is 11.5 Å². The van der Waals surface area contributed by atoms with Gasteiger partial charge in [0.15, 0.2) is 12.6 Å². The number of nitrogens with one attached hydrogen (secondary N) is 1. The van der Waals surface area contributed by atoms with Gasteiger partial charge in [-0.15, -0.1) is 24.0 Å². The van der Waals surface area contributed by atoms with Crippen molar-refractivity contribution in [1.29, 1.82) is 0 Å². The molecule has 0 spiro atoms. The Balaban J connectivity index is 0.00000306. The van der Waals surface area contributed by atoms with E-state index < -0.39 is 0 Å². The molecule has 2 heterocycles. The van der Waals surface area contributed by atoms with E-state index in [2.05, 4.69) is 32.2 Å². The lowest BCUT2D eigenvalue weighted by atomic mass is 10.2. The minimum Gasteiger partial charge on any atom is -0.497 e. The summed E-state index contributed by atoms with van der Waals surface area (Å²) in [6.07, 6.45) is 0.824. The molecule has 33 heavy (non-hydrogen) atoms. The molecule has 0 aromatic heterocycles. The molecule has 8 nitrogen and oxygen atoms in total. The second-order valence-corrected chi connectivity index (χ2v) is 7.80. The number of rotatable bonds is 6. The zero-order chi connectivity index (χ0) is 22.3. The number of halogens is 1. The first kappa shape index (κ1) is 24.9. The number of para-hydroxylation sites is 2. The van der Waals surface area contributed by atoms with Crippen molar-refractivity contribution in [1.82, 2.24) is 10.2 Å². The number of amides is 1. The van der Waals surface area contributed by atoms with Crippen molar-refractivity contribution < 1.29 is 14.3 Å². The number of methoxy groups -OCH3 is 1. The number of carbonyl (C=O) groups excluding carboxylic acids is 1. The zero-order valence-electron chi connectivity index (χ0n) is 19.2. The third kappa shape index (κ3) is 6.01. The van der Waals surface area contributed by atoms with E-state index in [4.69, 9.17) is 9.47 Å². The number of carbonyl (C=O) groups is 1. The van der Waals surface area contributed by atoms with Gasteiger partial charge in [-0.2, -0.15) is 0 Å². The van der Waals surface area contributed by atoms with E-state index in [0.717, 1.165) is 62.3 Å². The van der Waals surface area contributed by atoms with Gasteiger partial charge in [-0.1, -0.05) is 12.1 Å². The first-order valence-electron chi connectivity index (χ1n) is 11.1. The summed E-state index contributed by atoms with van der Waals surface area (Å²) < 4.78 is 10.8. The maximum Gasteiger partial charge on any atom is 0.265 e. The first-order chi connectivity index (χ1) is 15.7. The molecule has 0 unspecified atom stereocenters. The van der Waals surface area contributed by atoms with E-state index >= 15 is 0 Å². The highest BCUT2D eigenvalue weighted by molar-refractivity contribution is 14.0. The van der Waals surface area contributed by atoms with E-state index in [1.54, 1.807) is 7.11 Å². The summed E-state index contributed by atoms with van der Waals surface area (Å²) in [5.74, 6) is 2.56. The molecule has 178 valence electrons. The fraction of sp³-hybridized carbons (Fsp3) is 0.417. The van der Waals surface area contributed by atoms with Gasteiger partial charge in [0.1, 0.15) is 11.5 Å².